The zero-order chi connectivity index (χ0) is 28.3. The van der Waals surface area contributed by atoms with Gasteiger partial charge in [-0.3, -0.25) is 14.2 Å². The number of piperazine rings is 1. The van der Waals surface area contributed by atoms with E-state index in [9.17, 15) is 13.2 Å². The van der Waals surface area contributed by atoms with E-state index in [-0.39, 0.29) is 16.2 Å². The van der Waals surface area contributed by atoms with E-state index in [1.165, 1.54) is 10.6 Å². The molecule has 14 heteroatoms. The first-order valence-corrected chi connectivity index (χ1v) is 15.0. The van der Waals surface area contributed by atoms with Crippen LogP contribution in [0.2, 0.25) is 0 Å². The van der Waals surface area contributed by atoms with Gasteiger partial charge >= 0.3 is 0 Å². The number of nitrogens with zero attached hydrogens (tertiary/aromatic N) is 8. The van der Waals surface area contributed by atoms with E-state index in [0.29, 0.717) is 69.1 Å². The zero-order valence-electron chi connectivity index (χ0n) is 23.1. The Balaban J connectivity index is 1.58. The number of hydrogen-bond acceptors (Lipinski definition) is 9. The third kappa shape index (κ3) is 5.64. The Morgan fingerprint density at radius 2 is 1.85 bits per heavy atom. The Labute approximate surface area is 232 Å². The molecule has 0 unspecified atom stereocenters. The molecular weight excluding hydrogens is 534 g/mol. The molecule has 4 heterocycles. The van der Waals surface area contributed by atoms with E-state index in [0.717, 1.165) is 18.5 Å². The maximum atomic E-state index is 13.5. The van der Waals surface area contributed by atoms with Crippen LogP contribution in [0.25, 0.3) is 22.4 Å². The molecule has 1 aliphatic heterocycles. The molecule has 4 aromatic rings. The van der Waals surface area contributed by atoms with Gasteiger partial charge in [-0.2, -0.15) is 14.5 Å². The lowest BCUT2D eigenvalue weighted by atomic mass is 10.1. The van der Waals surface area contributed by atoms with Crippen molar-refractivity contribution in [2.75, 3.05) is 39.8 Å². The van der Waals surface area contributed by atoms with Crippen molar-refractivity contribution in [3.8, 4) is 17.1 Å². The Kier molecular flexibility index (Phi) is 8.28. The molecule has 40 heavy (non-hydrogen) atoms. The summed E-state index contributed by atoms with van der Waals surface area (Å²) >= 11 is 0. The van der Waals surface area contributed by atoms with Crippen molar-refractivity contribution in [3.05, 3.63) is 46.9 Å². The topological polar surface area (TPSA) is 144 Å². The van der Waals surface area contributed by atoms with Gasteiger partial charge in [0.15, 0.2) is 5.52 Å². The molecule has 1 N–H and O–H groups in total. The first-order chi connectivity index (χ1) is 19.3. The SMILES string of the molecule is CCCOc1ccc(S(=O)(=O)N2CCN(C)CC2)cc1-c1nc2c(CCC)n(CCn3cncn3)nc2c(=O)[nH]1. The van der Waals surface area contributed by atoms with Crippen LogP contribution in [-0.4, -0.2) is 92.0 Å². The number of hydrogen-bond donors (Lipinski definition) is 1. The highest BCUT2D eigenvalue weighted by Gasteiger charge is 2.29. The summed E-state index contributed by atoms with van der Waals surface area (Å²) in [4.78, 5) is 27.2. The number of benzene rings is 1. The number of H-pyrrole nitrogens is 1. The van der Waals surface area contributed by atoms with Gasteiger partial charge in [0.1, 0.15) is 29.7 Å². The first kappa shape index (κ1) is 27.9. The van der Waals surface area contributed by atoms with E-state index in [2.05, 4.69) is 32.0 Å². The number of rotatable bonds is 11. The van der Waals surface area contributed by atoms with Crippen molar-refractivity contribution in [3.63, 3.8) is 0 Å². The Morgan fingerprint density at radius 3 is 2.55 bits per heavy atom. The molecule has 3 aromatic heterocycles. The summed E-state index contributed by atoms with van der Waals surface area (Å²) in [6.45, 7) is 7.66. The van der Waals surface area contributed by atoms with Crippen LogP contribution >= 0.6 is 0 Å². The first-order valence-electron chi connectivity index (χ1n) is 13.6. The fourth-order valence-corrected chi connectivity index (χ4v) is 6.23. The molecule has 214 valence electrons. The molecule has 0 amide bonds. The maximum Gasteiger partial charge on any atom is 0.279 e. The number of aryl methyl sites for hydroxylation is 3. The monoisotopic (exact) mass is 569 g/mol. The number of aromatic amines is 1. The second-order valence-corrected chi connectivity index (χ2v) is 11.8. The minimum atomic E-state index is -3.75. The Bertz CT molecular complexity index is 1620. The van der Waals surface area contributed by atoms with Gasteiger partial charge in [0.25, 0.3) is 5.56 Å². The molecule has 13 nitrogen and oxygen atoms in total. The lowest BCUT2D eigenvalue weighted by Crippen LogP contribution is -2.47. The Morgan fingerprint density at radius 1 is 1.05 bits per heavy atom. The minimum Gasteiger partial charge on any atom is -0.493 e. The van der Waals surface area contributed by atoms with Crippen LogP contribution in [0.4, 0.5) is 0 Å². The van der Waals surface area contributed by atoms with Crippen LogP contribution in [-0.2, 0) is 29.5 Å². The van der Waals surface area contributed by atoms with Crippen molar-refractivity contribution in [2.45, 2.75) is 51.1 Å². The second kappa shape index (κ2) is 11.9. The molecule has 1 aromatic carbocycles. The molecule has 1 fully saturated rings. The van der Waals surface area contributed by atoms with E-state index >= 15 is 0 Å². The smallest absolute Gasteiger partial charge is 0.279 e. The van der Waals surface area contributed by atoms with Crippen molar-refractivity contribution in [1.29, 1.82) is 0 Å². The molecule has 0 atom stereocenters. The lowest BCUT2D eigenvalue weighted by Gasteiger charge is -2.31. The third-order valence-electron chi connectivity index (χ3n) is 6.96. The fourth-order valence-electron chi connectivity index (χ4n) is 4.78. The highest BCUT2D eigenvalue weighted by atomic mass is 32.2. The molecule has 0 spiro atoms. The number of aromatic nitrogens is 7. The average Bonchev–Trinajstić information content (AvgIpc) is 3.59. The van der Waals surface area contributed by atoms with Crippen LogP contribution in [0.15, 0.2) is 40.5 Å². The van der Waals surface area contributed by atoms with Crippen molar-refractivity contribution in [1.82, 2.24) is 43.7 Å². The number of nitrogens with one attached hydrogen (secondary N) is 1. The van der Waals surface area contributed by atoms with Gasteiger partial charge in [0, 0.05) is 26.2 Å². The number of sulfonamides is 1. The summed E-state index contributed by atoms with van der Waals surface area (Å²) in [6, 6.07) is 4.76. The summed E-state index contributed by atoms with van der Waals surface area (Å²) in [5.41, 5.74) is 1.59. The number of ether oxygens (including phenoxy) is 1. The summed E-state index contributed by atoms with van der Waals surface area (Å²) in [5.74, 6) is 0.699. The van der Waals surface area contributed by atoms with Gasteiger partial charge in [0.2, 0.25) is 10.0 Å². The molecule has 0 saturated carbocycles. The standard InChI is InChI=1S/C26H35N9O4S/c1-4-6-21-23-24(31-35(21)14-11-33-18-27-17-28-33)26(36)30-25(29-23)20-16-19(7-8-22(20)39-15-5-2)40(37,38)34-12-9-32(3)10-13-34/h7-8,16-18H,4-6,9-15H2,1-3H3,(H,29,30,36). The summed E-state index contributed by atoms with van der Waals surface area (Å²) in [7, 11) is -1.77. The summed E-state index contributed by atoms with van der Waals surface area (Å²) in [5, 5.41) is 8.72. The van der Waals surface area contributed by atoms with E-state index in [1.807, 2.05) is 14.0 Å². The van der Waals surface area contributed by atoms with Gasteiger partial charge in [-0.15, -0.1) is 0 Å². The molecule has 0 aliphatic carbocycles. The van der Waals surface area contributed by atoms with Gasteiger partial charge in [-0.1, -0.05) is 20.3 Å². The quantitative estimate of drug-likeness (QED) is 0.286. The summed E-state index contributed by atoms with van der Waals surface area (Å²) in [6.07, 6.45) is 5.37. The molecule has 0 bridgehead atoms. The predicted molar refractivity (Wildman–Crippen MR) is 150 cm³/mol. The largest absolute Gasteiger partial charge is 0.493 e. The van der Waals surface area contributed by atoms with Gasteiger partial charge in [-0.25, -0.2) is 18.4 Å². The van der Waals surface area contributed by atoms with E-state index < -0.39 is 15.6 Å². The number of fused-ring (bicyclic) bond motifs is 1. The van der Waals surface area contributed by atoms with Crippen molar-refractivity contribution in [2.24, 2.45) is 0 Å². The van der Waals surface area contributed by atoms with E-state index in [4.69, 9.17) is 9.72 Å². The van der Waals surface area contributed by atoms with Crippen LogP contribution in [0.5, 0.6) is 5.75 Å². The highest BCUT2D eigenvalue weighted by molar-refractivity contribution is 7.89. The average molecular weight is 570 g/mol. The Hall–Kier alpha value is -3.62. The predicted octanol–water partition coefficient (Wildman–Crippen LogP) is 1.76. The second-order valence-electron chi connectivity index (χ2n) is 9.90. The normalized spacial score (nSPS) is 15.2. The van der Waals surface area contributed by atoms with Crippen LogP contribution in [0, 0.1) is 0 Å². The third-order valence-corrected chi connectivity index (χ3v) is 8.86. The van der Waals surface area contributed by atoms with Gasteiger partial charge in [0.05, 0.1) is 35.8 Å². The van der Waals surface area contributed by atoms with Crippen LogP contribution < -0.4 is 10.3 Å². The number of likely N-dealkylation sites (N-methyl/N-ethyl adjacent to an activating group) is 1. The lowest BCUT2D eigenvalue weighted by molar-refractivity contribution is 0.222. The van der Waals surface area contributed by atoms with Crippen molar-refractivity contribution < 1.29 is 13.2 Å². The van der Waals surface area contributed by atoms with Crippen LogP contribution in [0.3, 0.4) is 0 Å². The maximum absolute atomic E-state index is 13.5. The molecule has 1 saturated heterocycles. The fraction of sp³-hybridized carbons (Fsp3) is 0.500. The van der Waals surface area contributed by atoms with Crippen molar-refractivity contribution >= 4 is 21.1 Å². The van der Waals surface area contributed by atoms with E-state index in [1.54, 1.807) is 33.9 Å². The van der Waals surface area contributed by atoms with Gasteiger partial charge in [-0.05, 0) is 38.1 Å². The highest BCUT2D eigenvalue weighted by Crippen LogP contribution is 2.32. The zero-order valence-corrected chi connectivity index (χ0v) is 23.9. The molecule has 0 radical (unpaired) electrons. The minimum absolute atomic E-state index is 0.135. The molecule has 5 rings (SSSR count). The van der Waals surface area contributed by atoms with Crippen LogP contribution in [0.1, 0.15) is 32.4 Å². The molecular formula is C26H35N9O4S. The molecule has 1 aliphatic rings. The summed E-state index contributed by atoms with van der Waals surface area (Å²) < 4.78 is 38.1. The van der Waals surface area contributed by atoms with Gasteiger partial charge < -0.3 is 14.6 Å².